The van der Waals surface area contributed by atoms with Crippen molar-refractivity contribution in [2.24, 2.45) is 5.84 Å². The standard InChI is InChI=1S/C9H10N6OS/c10-1-3-15(4-2-11)5-7-6-17-9(13-7)8(16)14-12/h6H,3-5,12H2,(H,14,16). The molecule has 0 aliphatic carbocycles. The van der Waals surface area contributed by atoms with Crippen LogP contribution in [0.1, 0.15) is 15.5 Å². The number of aromatic nitrogens is 1. The summed E-state index contributed by atoms with van der Waals surface area (Å²) >= 11 is 1.16. The molecule has 3 N–H and O–H groups in total. The predicted molar refractivity (Wildman–Crippen MR) is 60.3 cm³/mol. The zero-order valence-corrected chi connectivity index (χ0v) is 9.70. The number of hydrogen-bond donors (Lipinski definition) is 2. The Morgan fingerprint density at radius 3 is 2.71 bits per heavy atom. The van der Waals surface area contributed by atoms with Gasteiger partial charge in [0.25, 0.3) is 5.91 Å². The monoisotopic (exact) mass is 250 g/mol. The molecule has 1 heterocycles. The Labute approximate surface area is 102 Å². The van der Waals surface area contributed by atoms with Crippen molar-refractivity contribution in [3.63, 3.8) is 0 Å². The third-order valence-electron chi connectivity index (χ3n) is 1.85. The molecule has 0 saturated heterocycles. The molecule has 1 aromatic heterocycles. The van der Waals surface area contributed by atoms with Gasteiger partial charge in [-0.3, -0.25) is 15.1 Å². The summed E-state index contributed by atoms with van der Waals surface area (Å²) in [5.74, 6) is 4.53. The van der Waals surface area contributed by atoms with Gasteiger partial charge in [-0.2, -0.15) is 10.5 Å². The number of nitrogens with zero attached hydrogens (tertiary/aromatic N) is 4. The largest absolute Gasteiger partial charge is 0.294 e. The topological polar surface area (TPSA) is 119 Å². The van der Waals surface area contributed by atoms with Crippen molar-refractivity contribution in [2.45, 2.75) is 6.54 Å². The van der Waals surface area contributed by atoms with Crippen LogP contribution >= 0.6 is 11.3 Å². The van der Waals surface area contributed by atoms with Gasteiger partial charge < -0.3 is 0 Å². The molecule has 1 amide bonds. The second-order valence-corrected chi connectivity index (χ2v) is 3.94. The summed E-state index contributed by atoms with van der Waals surface area (Å²) in [4.78, 5) is 16.8. The van der Waals surface area contributed by atoms with Crippen LogP contribution < -0.4 is 11.3 Å². The molecule has 0 aliphatic rings. The number of rotatable bonds is 5. The number of carbonyl (C=O) groups is 1. The van der Waals surface area contributed by atoms with Crippen molar-refractivity contribution in [1.82, 2.24) is 15.3 Å². The number of nitriles is 2. The molecule has 0 bridgehead atoms. The highest BCUT2D eigenvalue weighted by Gasteiger charge is 2.12. The van der Waals surface area contributed by atoms with E-state index in [0.717, 1.165) is 11.3 Å². The minimum atomic E-state index is -0.451. The Morgan fingerprint density at radius 2 is 2.18 bits per heavy atom. The first kappa shape index (κ1) is 13.1. The fraction of sp³-hybridized carbons (Fsp3) is 0.333. The van der Waals surface area contributed by atoms with Crippen molar-refractivity contribution >= 4 is 17.2 Å². The smallest absolute Gasteiger partial charge is 0.288 e. The van der Waals surface area contributed by atoms with E-state index in [0.29, 0.717) is 12.2 Å². The van der Waals surface area contributed by atoms with Gasteiger partial charge in [-0.25, -0.2) is 10.8 Å². The van der Waals surface area contributed by atoms with E-state index >= 15 is 0 Å². The summed E-state index contributed by atoms with van der Waals surface area (Å²) in [5.41, 5.74) is 2.63. The first-order chi connectivity index (χ1) is 8.21. The molecule has 0 fully saturated rings. The number of nitrogens with two attached hydrogens (primary N) is 1. The first-order valence-corrected chi connectivity index (χ1v) is 5.50. The van der Waals surface area contributed by atoms with Gasteiger partial charge in [0.2, 0.25) is 0 Å². The van der Waals surface area contributed by atoms with E-state index in [9.17, 15) is 4.79 Å². The van der Waals surface area contributed by atoms with Gasteiger partial charge in [0.1, 0.15) is 0 Å². The molecule has 0 spiro atoms. The highest BCUT2D eigenvalue weighted by Crippen LogP contribution is 2.11. The second-order valence-electron chi connectivity index (χ2n) is 3.08. The van der Waals surface area contributed by atoms with E-state index in [1.165, 1.54) is 0 Å². The van der Waals surface area contributed by atoms with Crippen LogP contribution in [0.15, 0.2) is 5.38 Å². The molecule has 7 nitrogen and oxygen atoms in total. The van der Waals surface area contributed by atoms with Crippen molar-refractivity contribution in [3.8, 4) is 12.1 Å². The third kappa shape index (κ3) is 3.81. The summed E-state index contributed by atoms with van der Waals surface area (Å²) < 4.78 is 0. The lowest BCUT2D eigenvalue weighted by atomic mass is 10.4. The third-order valence-corrected chi connectivity index (χ3v) is 2.74. The fourth-order valence-electron chi connectivity index (χ4n) is 1.14. The van der Waals surface area contributed by atoms with Crippen molar-refractivity contribution in [2.75, 3.05) is 13.1 Å². The zero-order valence-electron chi connectivity index (χ0n) is 8.88. The Hall–Kier alpha value is -2.00. The zero-order chi connectivity index (χ0) is 12.7. The van der Waals surface area contributed by atoms with E-state index in [-0.39, 0.29) is 18.1 Å². The number of amides is 1. The van der Waals surface area contributed by atoms with E-state index in [4.69, 9.17) is 16.4 Å². The maximum atomic E-state index is 11.2. The lowest BCUT2D eigenvalue weighted by Gasteiger charge is -2.12. The minimum Gasteiger partial charge on any atom is -0.288 e. The minimum absolute atomic E-state index is 0.142. The highest BCUT2D eigenvalue weighted by molar-refractivity contribution is 7.11. The lowest BCUT2D eigenvalue weighted by molar-refractivity contribution is 0.0953. The Kier molecular flexibility index (Phi) is 5.04. The van der Waals surface area contributed by atoms with Crippen LogP contribution in [0, 0.1) is 22.7 Å². The molecular formula is C9H10N6OS. The molecular weight excluding hydrogens is 240 g/mol. The SMILES string of the molecule is N#CCN(CC#N)Cc1csc(C(=O)NN)n1. The van der Waals surface area contributed by atoms with Crippen LogP contribution in [0.25, 0.3) is 0 Å². The maximum absolute atomic E-state index is 11.2. The van der Waals surface area contributed by atoms with Crippen molar-refractivity contribution in [1.29, 1.82) is 10.5 Å². The van der Waals surface area contributed by atoms with Crippen LogP contribution in [-0.4, -0.2) is 28.9 Å². The summed E-state index contributed by atoms with van der Waals surface area (Å²) in [6.07, 6.45) is 0. The van der Waals surface area contributed by atoms with Gasteiger partial charge in [0.15, 0.2) is 5.01 Å². The van der Waals surface area contributed by atoms with Gasteiger partial charge in [0, 0.05) is 11.9 Å². The average Bonchev–Trinajstić information content (AvgIpc) is 2.77. The maximum Gasteiger partial charge on any atom is 0.294 e. The van der Waals surface area contributed by atoms with Crippen molar-refractivity contribution in [3.05, 3.63) is 16.1 Å². The molecule has 0 aliphatic heterocycles. The predicted octanol–water partition coefficient (Wildman–Crippen LogP) is -0.404. The number of hydrazine groups is 1. The summed E-state index contributed by atoms with van der Waals surface area (Å²) in [7, 11) is 0. The van der Waals surface area contributed by atoms with Crippen LogP contribution in [0.4, 0.5) is 0 Å². The van der Waals surface area contributed by atoms with Crippen LogP contribution in [0.2, 0.25) is 0 Å². The average molecular weight is 250 g/mol. The van der Waals surface area contributed by atoms with E-state index in [2.05, 4.69) is 4.98 Å². The van der Waals surface area contributed by atoms with Gasteiger partial charge in [-0.15, -0.1) is 11.3 Å². The summed E-state index contributed by atoms with van der Waals surface area (Å²) in [6, 6.07) is 3.93. The number of hydrogen-bond acceptors (Lipinski definition) is 7. The molecule has 88 valence electrons. The van der Waals surface area contributed by atoms with Crippen molar-refractivity contribution < 1.29 is 4.79 Å². The molecule has 0 saturated carbocycles. The van der Waals surface area contributed by atoms with Gasteiger partial charge in [-0.1, -0.05) is 0 Å². The molecule has 0 unspecified atom stereocenters. The quantitative estimate of drug-likeness (QED) is 0.317. The fourth-order valence-corrected chi connectivity index (χ4v) is 1.85. The lowest BCUT2D eigenvalue weighted by Crippen LogP contribution is -2.30. The first-order valence-electron chi connectivity index (χ1n) is 4.63. The molecule has 17 heavy (non-hydrogen) atoms. The Morgan fingerprint density at radius 1 is 1.53 bits per heavy atom. The van der Waals surface area contributed by atoms with Crippen LogP contribution in [0.3, 0.4) is 0 Å². The van der Waals surface area contributed by atoms with Gasteiger partial charge >= 0.3 is 0 Å². The van der Waals surface area contributed by atoms with E-state index < -0.39 is 5.91 Å². The molecule has 0 aromatic carbocycles. The Balaban J connectivity index is 2.68. The molecule has 0 atom stereocenters. The molecule has 0 radical (unpaired) electrons. The molecule has 8 heteroatoms. The summed E-state index contributed by atoms with van der Waals surface area (Å²) in [5, 5.41) is 19.1. The molecule has 1 aromatic rings. The number of carbonyl (C=O) groups excluding carboxylic acids is 1. The molecule has 1 rings (SSSR count). The number of nitrogen functional groups attached to an aromatic ring is 1. The van der Waals surface area contributed by atoms with Gasteiger partial charge in [-0.05, 0) is 0 Å². The number of thiazole rings is 1. The Bertz CT molecular complexity index is 455. The van der Waals surface area contributed by atoms with E-state index in [1.54, 1.807) is 10.3 Å². The normalized spacial score (nSPS) is 9.65. The van der Waals surface area contributed by atoms with E-state index in [1.807, 2.05) is 17.6 Å². The summed E-state index contributed by atoms with van der Waals surface area (Å²) in [6.45, 7) is 0.641. The number of nitrogens with one attached hydrogen (secondary N) is 1. The van der Waals surface area contributed by atoms with Gasteiger partial charge in [0.05, 0.1) is 30.9 Å². The second kappa shape index (κ2) is 6.55. The highest BCUT2D eigenvalue weighted by atomic mass is 32.1. The van der Waals surface area contributed by atoms with Crippen LogP contribution in [-0.2, 0) is 6.54 Å². The van der Waals surface area contributed by atoms with Crippen LogP contribution in [0.5, 0.6) is 0 Å².